The number of aliphatic hydroxyl groups excluding tert-OH is 1. The summed E-state index contributed by atoms with van der Waals surface area (Å²) in [6.07, 6.45) is 2.31. The average molecular weight is 281 g/mol. The summed E-state index contributed by atoms with van der Waals surface area (Å²) >= 11 is 0. The van der Waals surface area contributed by atoms with Crippen molar-refractivity contribution in [1.82, 2.24) is 10.2 Å². The van der Waals surface area contributed by atoms with E-state index < -0.39 is 0 Å². The fourth-order valence-corrected chi connectivity index (χ4v) is 2.17. The maximum atomic E-state index is 12.2. The van der Waals surface area contributed by atoms with Crippen LogP contribution in [0.5, 0.6) is 0 Å². The van der Waals surface area contributed by atoms with Gasteiger partial charge in [-0.25, -0.2) is 0 Å². The number of hydrogen-bond donors (Lipinski definition) is 3. The number of aromatic amines is 1. The summed E-state index contributed by atoms with van der Waals surface area (Å²) in [5, 5.41) is 19.4. The van der Waals surface area contributed by atoms with Crippen LogP contribution in [0.3, 0.4) is 0 Å². The zero-order valence-corrected chi connectivity index (χ0v) is 11.3. The van der Waals surface area contributed by atoms with Crippen LogP contribution in [-0.2, 0) is 6.42 Å². The molecule has 5 heteroatoms. The normalized spacial score (nSPS) is 10.7. The lowest BCUT2D eigenvalue weighted by molar-refractivity contribution is 0.102. The standard InChI is InChI=1S/C16H15N3O2/c20-8-7-11-1-4-14(5-2-11)18-16(21)12-3-6-15-13(9-12)10-17-19-15/h1-6,9-10,20H,7-8H2,(H,17,19)(H,18,21). The van der Waals surface area contributed by atoms with Crippen molar-refractivity contribution < 1.29 is 9.90 Å². The second-order valence-electron chi connectivity index (χ2n) is 4.80. The Kier molecular flexibility index (Phi) is 3.66. The number of anilines is 1. The number of amides is 1. The molecule has 0 aliphatic carbocycles. The minimum Gasteiger partial charge on any atom is -0.396 e. The third kappa shape index (κ3) is 2.93. The molecule has 1 heterocycles. The van der Waals surface area contributed by atoms with E-state index in [4.69, 9.17) is 5.11 Å². The van der Waals surface area contributed by atoms with Gasteiger partial charge in [0.15, 0.2) is 0 Å². The van der Waals surface area contributed by atoms with E-state index in [-0.39, 0.29) is 12.5 Å². The van der Waals surface area contributed by atoms with Crippen molar-refractivity contribution >= 4 is 22.5 Å². The zero-order valence-electron chi connectivity index (χ0n) is 11.3. The van der Waals surface area contributed by atoms with Crippen LogP contribution in [0.25, 0.3) is 10.9 Å². The SMILES string of the molecule is O=C(Nc1ccc(CCO)cc1)c1ccc2[nH]ncc2c1. The predicted molar refractivity (Wildman–Crippen MR) is 81.3 cm³/mol. The van der Waals surface area contributed by atoms with Crippen molar-refractivity contribution in [3.05, 3.63) is 59.8 Å². The molecule has 0 bridgehead atoms. The van der Waals surface area contributed by atoms with Gasteiger partial charge >= 0.3 is 0 Å². The van der Waals surface area contributed by atoms with E-state index in [9.17, 15) is 4.79 Å². The first-order valence-electron chi connectivity index (χ1n) is 6.70. The Labute approximate surface area is 121 Å². The van der Waals surface area contributed by atoms with Gasteiger partial charge in [0.05, 0.1) is 11.7 Å². The molecule has 0 saturated heterocycles. The molecule has 0 atom stereocenters. The van der Waals surface area contributed by atoms with Gasteiger partial charge in [-0.05, 0) is 42.3 Å². The van der Waals surface area contributed by atoms with Crippen LogP contribution in [0.1, 0.15) is 15.9 Å². The van der Waals surface area contributed by atoms with Gasteiger partial charge in [0.1, 0.15) is 0 Å². The minimum atomic E-state index is -0.159. The first-order valence-corrected chi connectivity index (χ1v) is 6.70. The van der Waals surface area contributed by atoms with E-state index >= 15 is 0 Å². The molecular formula is C16H15N3O2. The Morgan fingerprint density at radius 1 is 1.19 bits per heavy atom. The second-order valence-corrected chi connectivity index (χ2v) is 4.80. The second kappa shape index (κ2) is 5.76. The van der Waals surface area contributed by atoms with Crippen LogP contribution in [0, 0.1) is 0 Å². The van der Waals surface area contributed by atoms with Crippen LogP contribution < -0.4 is 5.32 Å². The first kappa shape index (κ1) is 13.3. The molecule has 0 aliphatic rings. The lowest BCUT2D eigenvalue weighted by Crippen LogP contribution is -2.11. The molecule has 0 spiro atoms. The van der Waals surface area contributed by atoms with Gasteiger partial charge in [-0.15, -0.1) is 0 Å². The molecule has 0 saturated carbocycles. The van der Waals surface area contributed by atoms with Crippen molar-refractivity contribution in [1.29, 1.82) is 0 Å². The summed E-state index contributed by atoms with van der Waals surface area (Å²) in [6.45, 7) is 0.121. The molecule has 1 amide bonds. The number of aliphatic hydroxyl groups is 1. The number of benzene rings is 2. The van der Waals surface area contributed by atoms with Gasteiger partial charge in [0.2, 0.25) is 0 Å². The van der Waals surface area contributed by atoms with Crippen molar-refractivity contribution in [3.8, 4) is 0 Å². The predicted octanol–water partition coefficient (Wildman–Crippen LogP) is 2.35. The molecule has 2 aromatic carbocycles. The van der Waals surface area contributed by atoms with Crippen molar-refractivity contribution in [2.24, 2.45) is 0 Å². The Hall–Kier alpha value is -2.66. The van der Waals surface area contributed by atoms with Crippen LogP contribution >= 0.6 is 0 Å². The number of carbonyl (C=O) groups excluding carboxylic acids is 1. The number of carbonyl (C=O) groups is 1. The largest absolute Gasteiger partial charge is 0.396 e. The lowest BCUT2D eigenvalue weighted by Gasteiger charge is -2.06. The van der Waals surface area contributed by atoms with Gasteiger partial charge in [0, 0.05) is 23.2 Å². The molecule has 0 aliphatic heterocycles. The maximum Gasteiger partial charge on any atom is 0.255 e. The molecule has 3 N–H and O–H groups in total. The van der Waals surface area contributed by atoms with Crippen molar-refractivity contribution in [3.63, 3.8) is 0 Å². The summed E-state index contributed by atoms with van der Waals surface area (Å²) < 4.78 is 0. The van der Waals surface area contributed by atoms with Gasteiger partial charge in [-0.1, -0.05) is 12.1 Å². The quantitative estimate of drug-likeness (QED) is 0.687. The Morgan fingerprint density at radius 3 is 2.76 bits per heavy atom. The summed E-state index contributed by atoms with van der Waals surface area (Å²) in [5.41, 5.74) is 3.26. The number of H-pyrrole nitrogens is 1. The third-order valence-corrected chi connectivity index (χ3v) is 3.31. The Balaban J connectivity index is 1.75. The minimum absolute atomic E-state index is 0.121. The molecular weight excluding hydrogens is 266 g/mol. The maximum absolute atomic E-state index is 12.2. The highest BCUT2D eigenvalue weighted by atomic mass is 16.2. The fourth-order valence-electron chi connectivity index (χ4n) is 2.17. The third-order valence-electron chi connectivity index (χ3n) is 3.31. The highest BCUT2D eigenvalue weighted by Gasteiger charge is 2.07. The number of hydrogen-bond acceptors (Lipinski definition) is 3. The summed E-state index contributed by atoms with van der Waals surface area (Å²) in [7, 11) is 0. The molecule has 5 nitrogen and oxygen atoms in total. The highest BCUT2D eigenvalue weighted by Crippen LogP contribution is 2.15. The van der Waals surface area contributed by atoms with Gasteiger partial charge in [-0.3, -0.25) is 9.89 Å². The zero-order chi connectivity index (χ0) is 14.7. The summed E-state index contributed by atoms with van der Waals surface area (Å²) in [5.74, 6) is -0.159. The Bertz CT molecular complexity index is 763. The first-order chi connectivity index (χ1) is 10.3. The van der Waals surface area contributed by atoms with Gasteiger partial charge in [-0.2, -0.15) is 5.10 Å². The van der Waals surface area contributed by atoms with Crippen LogP contribution in [0.15, 0.2) is 48.7 Å². The lowest BCUT2D eigenvalue weighted by atomic mass is 10.1. The molecule has 21 heavy (non-hydrogen) atoms. The number of nitrogens with zero attached hydrogens (tertiary/aromatic N) is 1. The van der Waals surface area contributed by atoms with E-state index in [0.717, 1.165) is 22.2 Å². The van der Waals surface area contributed by atoms with E-state index in [2.05, 4.69) is 15.5 Å². The fraction of sp³-hybridized carbons (Fsp3) is 0.125. The monoisotopic (exact) mass is 281 g/mol. The van der Waals surface area contributed by atoms with Crippen molar-refractivity contribution in [2.75, 3.05) is 11.9 Å². The van der Waals surface area contributed by atoms with E-state index in [1.54, 1.807) is 18.3 Å². The van der Waals surface area contributed by atoms with E-state index in [0.29, 0.717) is 12.0 Å². The molecule has 0 radical (unpaired) electrons. The van der Waals surface area contributed by atoms with E-state index in [1.165, 1.54) is 0 Å². The smallest absolute Gasteiger partial charge is 0.255 e. The topological polar surface area (TPSA) is 78.0 Å². The van der Waals surface area contributed by atoms with Gasteiger partial charge < -0.3 is 10.4 Å². The number of fused-ring (bicyclic) bond motifs is 1. The molecule has 3 aromatic rings. The number of aromatic nitrogens is 2. The summed E-state index contributed by atoms with van der Waals surface area (Å²) in [6, 6.07) is 12.8. The van der Waals surface area contributed by atoms with Gasteiger partial charge in [0.25, 0.3) is 5.91 Å². The molecule has 0 fully saturated rings. The van der Waals surface area contributed by atoms with Crippen LogP contribution in [-0.4, -0.2) is 27.8 Å². The average Bonchev–Trinajstić information content (AvgIpc) is 2.97. The van der Waals surface area contributed by atoms with Crippen LogP contribution in [0.2, 0.25) is 0 Å². The Morgan fingerprint density at radius 2 is 2.00 bits per heavy atom. The summed E-state index contributed by atoms with van der Waals surface area (Å²) in [4.78, 5) is 12.2. The molecule has 3 rings (SSSR count). The van der Waals surface area contributed by atoms with Crippen molar-refractivity contribution in [2.45, 2.75) is 6.42 Å². The van der Waals surface area contributed by atoms with E-state index in [1.807, 2.05) is 30.3 Å². The number of rotatable bonds is 4. The highest BCUT2D eigenvalue weighted by molar-refractivity contribution is 6.06. The molecule has 1 aromatic heterocycles. The molecule has 0 unspecified atom stereocenters. The molecule has 106 valence electrons. The van der Waals surface area contributed by atoms with Crippen LogP contribution in [0.4, 0.5) is 5.69 Å². The number of nitrogens with one attached hydrogen (secondary N) is 2.